The van der Waals surface area contributed by atoms with E-state index < -0.39 is 0 Å². The molecule has 7 heterocycles. The third-order valence-electron chi connectivity index (χ3n) is 18.2. The third-order valence-corrected chi connectivity index (χ3v) is 18.2. The van der Waals surface area contributed by atoms with E-state index in [1.165, 1.54) is 0 Å². The zero-order valence-electron chi connectivity index (χ0n) is 53.0. The molecule has 19 rings (SSSR count). The monoisotopic (exact) mass is 1270 g/mol. The average molecular weight is 1270 g/mol. The highest BCUT2D eigenvalue weighted by molar-refractivity contribution is 6.21. The molecule has 1 N–H and O–H groups in total. The standard InChI is InChI=1S/C44H28N4O2.C44H26N4O/c49-43(31-13-6-2-7-14-31)47-38-26-23-33(27-35(38)34-17-10-18-39-42(34)48-44(50-39)32-15-8-3-9-16-32)37-25-22-30-20-19-29-21-24-36(28-11-4-1-5-12-28)45-40(29)41(30)46-37;1-4-10-27(11-5-1)35-22-18-29-16-17-30-19-23-36(46-42(30)41(29)45-35)32-20-24-37-34(26-32)39-33(40(47-37)28-12-6-2-7-13-28)21-25-38-43(39)48-44(49-38)31-14-8-3-9-15-31/h1-27H,(H,47,49);1-26H. The van der Waals surface area contributed by atoms with E-state index in [0.29, 0.717) is 34.1 Å². The maximum absolute atomic E-state index is 13.4. The van der Waals surface area contributed by atoms with Crippen LogP contribution in [0.2, 0.25) is 0 Å². The van der Waals surface area contributed by atoms with Gasteiger partial charge in [-0.3, -0.25) is 4.79 Å². The number of carbonyl (C=O) groups excluding carboxylic acids is 1. The van der Waals surface area contributed by atoms with Crippen molar-refractivity contribution in [2.75, 3.05) is 5.32 Å². The van der Waals surface area contributed by atoms with E-state index >= 15 is 0 Å². The van der Waals surface area contributed by atoms with Crippen LogP contribution in [0.1, 0.15) is 10.4 Å². The summed E-state index contributed by atoms with van der Waals surface area (Å²) in [4.78, 5) is 49.3. The number of benzene rings is 12. The molecule has 0 saturated carbocycles. The number of rotatable bonds is 10. The summed E-state index contributed by atoms with van der Waals surface area (Å²) in [6.07, 6.45) is 0. The van der Waals surface area contributed by atoms with Crippen LogP contribution < -0.4 is 5.32 Å². The molecule has 0 unspecified atom stereocenters. The third kappa shape index (κ3) is 10.9. The SMILES string of the molecule is O=C(Nc1ccc(-c2ccc3ccc4ccc(-c5ccccc5)nc4c3n2)cc1-c1cccc2oc(-c3ccccc3)nc12)c1ccccc1.c1ccc(-c2ccc3ccc4ccc(-c5ccc6nc(-c7ccccc7)c7ccc8oc(-c9ccccc9)nc8c7c6c5)nc4c3n2)cc1. The maximum atomic E-state index is 13.4. The van der Waals surface area contributed by atoms with Crippen molar-refractivity contribution in [2.45, 2.75) is 0 Å². The minimum Gasteiger partial charge on any atom is -0.436 e. The summed E-state index contributed by atoms with van der Waals surface area (Å²) in [5.74, 6) is 0.924. The van der Waals surface area contributed by atoms with Gasteiger partial charge in [-0.15, -0.1) is 0 Å². The molecule has 0 saturated heterocycles. The van der Waals surface area contributed by atoms with Gasteiger partial charge in [0.25, 0.3) is 5.91 Å². The number of carbonyl (C=O) groups is 1. The van der Waals surface area contributed by atoms with E-state index in [4.69, 9.17) is 43.7 Å². The smallest absolute Gasteiger partial charge is 0.255 e. The molecule has 0 aliphatic heterocycles. The topological polar surface area (TPSA) is 146 Å². The fourth-order valence-corrected chi connectivity index (χ4v) is 13.2. The van der Waals surface area contributed by atoms with Gasteiger partial charge in [0.1, 0.15) is 11.0 Å². The lowest BCUT2D eigenvalue weighted by Crippen LogP contribution is -2.12. The number of amides is 1. The molecule has 19 aromatic rings. The molecule has 12 aromatic carbocycles. The minimum absolute atomic E-state index is 0.201. The Kier molecular flexibility index (Phi) is 14.4. The van der Waals surface area contributed by atoms with Crippen LogP contribution in [0.25, 0.3) is 178 Å². The van der Waals surface area contributed by atoms with Crippen LogP contribution in [0.5, 0.6) is 0 Å². The van der Waals surface area contributed by atoms with Crippen molar-refractivity contribution in [1.82, 2.24) is 34.9 Å². The van der Waals surface area contributed by atoms with Gasteiger partial charge >= 0.3 is 0 Å². The Hall–Kier alpha value is -13.6. The summed E-state index contributed by atoms with van der Waals surface area (Å²) < 4.78 is 12.6. The molecular formula is C88H54N8O3. The number of aromatic nitrogens is 7. The van der Waals surface area contributed by atoms with E-state index in [9.17, 15) is 4.79 Å². The molecule has 1 amide bonds. The lowest BCUT2D eigenvalue weighted by molar-refractivity contribution is 0.102. The number of hydrogen-bond donors (Lipinski definition) is 1. The molecule has 0 spiro atoms. The van der Waals surface area contributed by atoms with E-state index in [1.807, 2.05) is 176 Å². The Morgan fingerprint density at radius 3 is 1.22 bits per heavy atom. The zero-order chi connectivity index (χ0) is 65.8. The number of pyridine rings is 5. The number of oxazole rings is 2. The first-order chi connectivity index (χ1) is 48.9. The lowest BCUT2D eigenvalue weighted by Gasteiger charge is -2.14. The van der Waals surface area contributed by atoms with E-state index in [0.717, 1.165) is 155 Å². The Bertz CT molecular complexity index is 6330. The number of nitrogens with zero attached hydrogens (tertiary/aromatic N) is 7. The lowest BCUT2D eigenvalue weighted by atomic mass is 9.97. The average Bonchev–Trinajstić information content (AvgIpc) is 1.73. The first-order valence-corrected chi connectivity index (χ1v) is 32.7. The summed E-state index contributed by atoms with van der Waals surface area (Å²) in [5, 5.41) is 10.3. The molecule has 0 bridgehead atoms. The van der Waals surface area contributed by atoms with Gasteiger partial charge in [0.05, 0.1) is 56.1 Å². The summed E-state index contributed by atoms with van der Waals surface area (Å²) in [6, 6.07) is 107. The second kappa shape index (κ2) is 24.6. The quantitative estimate of drug-likeness (QED) is 0.131. The van der Waals surface area contributed by atoms with Crippen LogP contribution in [0.15, 0.2) is 330 Å². The van der Waals surface area contributed by atoms with Gasteiger partial charge in [0.15, 0.2) is 11.2 Å². The Morgan fingerprint density at radius 2 is 0.707 bits per heavy atom. The van der Waals surface area contributed by atoms with Gasteiger partial charge in [-0.05, 0) is 103 Å². The highest BCUT2D eigenvalue weighted by atomic mass is 16.4. The van der Waals surface area contributed by atoms with E-state index in [1.54, 1.807) is 12.1 Å². The number of anilines is 1. The second-order valence-corrected chi connectivity index (χ2v) is 24.3. The molecule has 0 atom stereocenters. The summed E-state index contributed by atoms with van der Waals surface area (Å²) in [7, 11) is 0. The van der Waals surface area contributed by atoms with Gasteiger partial charge in [-0.1, -0.05) is 218 Å². The van der Waals surface area contributed by atoms with Gasteiger partial charge in [0.2, 0.25) is 11.8 Å². The summed E-state index contributed by atoms with van der Waals surface area (Å²) in [5.41, 5.74) is 21.4. The van der Waals surface area contributed by atoms with Gasteiger partial charge < -0.3 is 14.2 Å². The van der Waals surface area contributed by atoms with Crippen molar-refractivity contribution < 1.29 is 13.6 Å². The number of fused-ring (bicyclic) bond motifs is 12. The van der Waals surface area contributed by atoms with Crippen LogP contribution in [0, 0.1) is 0 Å². The Labute approximate surface area is 567 Å². The second-order valence-electron chi connectivity index (χ2n) is 24.3. The highest BCUT2D eigenvalue weighted by Crippen LogP contribution is 2.42. The predicted octanol–water partition coefficient (Wildman–Crippen LogP) is 22.1. The zero-order valence-corrected chi connectivity index (χ0v) is 53.0. The molecule has 0 fully saturated rings. The number of nitrogens with one attached hydrogen (secondary N) is 1. The normalized spacial score (nSPS) is 11.5. The van der Waals surface area contributed by atoms with Gasteiger partial charge in [-0.25, -0.2) is 34.9 Å². The Morgan fingerprint density at radius 1 is 0.283 bits per heavy atom. The fraction of sp³-hybridized carbons (Fsp3) is 0. The Balaban J connectivity index is 0.000000143. The van der Waals surface area contributed by atoms with Crippen LogP contribution in [-0.2, 0) is 0 Å². The molecular weight excluding hydrogens is 1220 g/mol. The maximum Gasteiger partial charge on any atom is 0.255 e. The van der Waals surface area contributed by atoms with E-state index in [-0.39, 0.29) is 5.91 Å². The van der Waals surface area contributed by atoms with E-state index in [2.05, 4.69) is 139 Å². The molecule has 0 aliphatic rings. The fourth-order valence-electron chi connectivity index (χ4n) is 13.2. The minimum atomic E-state index is -0.201. The number of para-hydroxylation sites is 1. The van der Waals surface area contributed by atoms with Crippen molar-refractivity contribution >= 4 is 99.1 Å². The van der Waals surface area contributed by atoms with Crippen molar-refractivity contribution in [2.24, 2.45) is 0 Å². The molecule has 0 aliphatic carbocycles. The highest BCUT2D eigenvalue weighted by Gasteiger charge is 2.22. The molecule has 11 heteroatoms. The van der Waals surface area contributed by atoms with Gasteiger partial charge in [0, 0.05) is 99.0 Å². The van der Waals surface area contributed by atoms with Crippen molar-refractivity contribution in [3.63, 3.8) is 0 Å². The van der Waals surface area contributed by atoms with Crippen molar-refractivity contribution in [3.05, 3.63) is 327 Å². The van der Waals surface area contributed by atoms with Crippen LogP contribution >= 0.6 is 0 Å². The number of hydrogen-bond acceptors (Lipinski definition) is 10. The summed E-state index contributed by atoms with van der Waals surface area (Å²) in [6.45, 7) is 0. The first kappa shape index (κ1) is 58.0. The molecule has 464 valence electrons. The van der Waals surface area contributed by atoms with Gasteiger partial charge in [-0.2, -0.15) is 0 Å². The van der Waals surface area contributed by atoms with Crippen molar-refractivity contribution in [1.29, 1.82) is 0 Å². The van der Waals surface area contributed by atoms with Crippen LogP contribution in [-0.4, -0.2) is 40.8 Å². The predicted molar refractivity (Wildman–Crippen MR) is 400 cm³/mol. The van der Waals surface area contributed by atoms with Crippen LogP contribution in [0.4, 0.5) is 5.69 Å². The largest absolute Gasteiger partial charge is 0.436 e. The van der Waals surface area contributed by atoms with Crippen molar-refractivity contribution in [3.8, 4) is 90.3 Å². The summed E-state index contributed by atoms with van der Waals surface area (Å²) >= 11 is 0. The molecule has 11 nitrogen and oxygen atoms in total. The van der Waals surface area contributed by atoms with Crippen LogP contribution in [0.3, 0.4) is 0 Å². The first-order valence-electron chi connectivity index (χ1n) is 32.7. The molecule has 99 heavy (non-hydrogen) atoms. The molecule has 0 radical (unpaired) electrons. The molecule has 7 aromatic heterocycles.